The minimum absolute atomic E-state index is 0.113. The first kappa shape index (κ1) is 18.0. The largest absolute Gasteiger partial charge is 0.445 e. The van der Waals surface area contributed by atoms with Crippen molar-refractivity contribution < 1.29 is 14.5 Å². The topological polar surface area (TPSA) is 75.9 Å². The molecule has 8 heteroatoms. The second-order valence-corrected chi connectivity index (χ2v) is 6.31. The smallest absolute Gasteiger partial charge is 0.410 e. The Morgan fingerprint density at radius 2 is 1.81 bits per heavy atom. The van der Waals surface area contributed by atoms with Gasteiger partial charge in [0.05, 0.1) is 4.92 Å². The van der Waals surface area contributed by atoms with E-state index < -0.39 is 4.92 Å². The molecule has 1 aliphatic heterocycles. The molecule has 0 saturated carbocycles. The molecule has 0 aromatic heterocycles. The number of piperazine rings is 1. The van der Waals surface area contributed by atoms with E-state index in [1.54, 1.807) is 11.0 Å². The summed E-state index contributed by atoms with van der Waals surface area (Å²) in [5.74, 6) is 0. The number of ether oxygens (including phenoxy) is 1. The highest BCUT2D eigenvalue weighted by atomic mass is 35.5. The molecule has 3 rings (SSSR count). The second kappa shape index (κ2) is 8.05. The molecule has 26 heavy (non-hydrogen) atoms. The van der Waals surface area contributed by atoms with E-state index in [9.17, 15) is 14.9 Å². The van der Waals surface area contributed by atoms with Crippen molar-refractivity contribution in [1.82, 2.24) is 4.90 Å². The Morgan fingerprint density at radius 1 is 1.12 bits per heavy atom. The lowest BCUT2D eigenvalue weighted by atomic mass is 10.2. The molecule has 1 heterocycles. The zero-order valence-electron chi connectivity index (χ0n) is 14.0. The van der Waals surface area contributed by atoms with E-state index in [1.165, 1.54) is 12.1 Å². The van der Waals surface area contributed by atoms with Crippen molar-refractivity contribution in [1.29, 1.82) is 0 Å². The second-order valence-electron chi connectivity index (χ2n) is 5.91. The van der Waals surface area contributed by atoms with Crippen LogP contribution in [0, 0.1) is 10.1 Å². The van der Waals surface area contributed by atoms with Crippen molar-refractivity contribution in [3.8, 4) is 0 Å². The predicted molar refractivity (Wildman–Crippen MR) is 98.5 cm³/mol. The Morgan fingerprint density at radius 3 is 2.46 bits per heavy atom. The molecule has 1 saturated heterocycles. The summed E-state index contributed by atoms with van der Waals surface area (Å²) in [7, 11) is 0. The van der Waals surface area contributed by atoms with Crippen molar-refractivity contribution in [3.05, 3.63) is 69.2 Å². The summed E-state index contributed by atoms with van der Waals surface area (Å²) in [6.45, 7) is 2.36. The third kappa shape index (κ3) is 4.23. The molecule has 1 aliphatic rings. The van der Waals surface area contributed by atoms with Gasteiger partial charge in [-0.15, -0.1) is 0 Å². The normalized spacial score (nSPS) is 14.2. The number of amides is 1. The van der Waals surface area contributed by atoms with E-state index in [4.69, 9.17) is 16.3 Å². The number of benzene rings is 2. The molecule has 0 radical (unpaired) electrons. The highest BCUT2D eigenvalue weighted by molar-refractivity contribution is 6.32. The van der Waals surface area contributed by atoms with Crippen molar-refractivity contribution in [2.24, 2.45) is 0 Å². The van der Waals surface area contributed by atoms with Gasteiger partial charge in [0.25, 0.3) is 5.69 Å². The van der Waals surface area contributed by atoms with Crippen LogP contribution in [0.5, 0.6) is 0 Å². The van der Waals surface area contributed by atoms with Crippen LogP contribution in [0.4, 0.5) is 16.2 Å². The van der Waals surface area contributed by atoms with Crippen LogP contribution in [-0.4, -0.2) is 42.1 Å². The van der Waals surface area contributed by atoms with E-state index in [0.29, 0.717) is 26.2 Å². The summed E-state index contributed by atoms with van der Waals surface area (Å²) in [6, 6.07) is 14.2. The molecule has 2 aromatic carbocycles. The number of anilines is 1. The minimum Gasteiger partial charge on any atom is -0.445 e. The van der Waals surface area contributed by atoms with Gasteiger partial charge in [-0.3, -0.25) is 10.1 Å². The fourth-order valence-corrected chi connectivity index (χ4v) is 2.98. The van der Waals surface area contributed by atoms with Crippen LogP contribution in [0.2, 0.25) is 5.02 Å². The molecule has 1 amide bonds. The number of nitrogens with zero attached hydrogens (tertiary/aromatic N) is 3. The van der Waals surface area contributed by atoms with Gasteiger partial charge in [-0.1, -0.05) is 41.9 Å². The lowest BCUT2D eigenvalue weighted by molar-refractivity contribution is -0.384. The van der Waals surface area contributed by atoms with Gasteiger partial charge in [0.15, 0.2) is 0 Å². The molecule has 0 N–H and O–H groups in total. The van der Waals surface area contributed by atoms with Gasteiger partial charge in [-0.2, -0.15) is 0 Å². The number of carbonyl (C=O) groups excluding carboxylic acids is 1. The Bertz CT molecular complexity index is 792. The number of nitro benzene ring substituents is 1. The fourth-order valence-electron chi connectivity index (χ4n) is 2.80. The van der Waals surface area contributed by atoms with Crippen LogP contribution in [-0.2, 0) is 11.3 Å². The third-order valence-electron chi connectivity index (χ3n) is 4.23. The van der Waals surface area contributed by atoms with Crippen LogP contribution < -0.4 is 4.90 Å². The Hall–Kier alpha value is -2.80. The van der Waals surface area contributed by atoms with Gasteiger partial charge in [-0.25, -0.2) is 4.79 Å². The van der Waals surface area contributed by atoms with E-state index in [0.717, 1.165) is 11.3 Å². The molecule has 0 atom stereocenters. The first-order chi connectivity index (χ1) is 12.5. The van der Waals surface area contributed by atoms with Crippen molar-refractivity contribution in [3.63, 3.8) is 0 Å². The SMILES string of the molecule is O=C(OCc1ccccc1)N1CCN(c2ccc(Cl)c([N+](=O)[O-])c2)CC1. The number of halogens is 1. The zero-order chi connectivity index (χ0) is 18.5. The summed E-state index contributed by atoms with van der Waals surface area (Å²) in [5.41, 5.74) is 1.54. The summed E-state index contributed by atoms with van der Waals surface area (Å²) < 4.78 is 5.34. The first-order valence-electron chi connectivity index (χ1n) is 8.19. The Kier molecular flexibility index (Phi) is 5.58. The number of hydrogen-bond donors (Lipinski definition) is 0. The van der Waals surface area contributed by atoms with Gasteiger partial charge >= 0.3 is 6.09 Å². The van der Waals surface area contributed by atoms with E-state index in [1.807, 2.05) is 35.2 Å². The first-order valence-corrected chi connectivity index (χ1v) is 8.57. The van der Waals surface area contributed by atoms with E-state index >= 15 is 0 Å². The maximum Gasteiger partial charge on any atom is 0.410 e. The molecule has 2 aromatic rings. The summed E-state index contributed by atoms with van der Waals surface area (Å²) in [5, 5.41) is 11.1. The Labute approximate surface area is 155 Å². The standard InChI is InChI=1S/C18H18ClN3O4/c19-16-7-6-15(12-17(16)22(24)25)20-8-10-21(11-9-20)18(23)26-13-14-4-2-1-3-5-14/h1-7,12H,8-11,13H2. The lowest BCUT2D eigenvalue weighted by Gasteiger charge is -2.35. The van der Waals surface area contributed by atoms with E-state index in [2.05, 4.69) is 0 Å². The summed E-state index contributed by atoms with van der Waals surface area (Å²) in [4.78, 5) is 26.3. The highest BCUT2D eigenvalue weighted by Crippen LogP contribution is 2.29. The van der Waals surface area contributed by atoms with Crippen LogP contribution in [0.1, 0.15) is 5.56 Å². The number of rotatable bonds is 4. The maximum atomic E-state index is 12.2. The number of nitro groups is 1. The predicted octanol–water partition coefficient (Wildman–Crippen LogP) is 3.71. The average molecular weight is 376 g/mol. The van der Waals surface area contributed by atoms with E-state index in [-0.39, 0.29) is 23.4 Å². The number of carbonyl (C=O) groups is 1. The van der Waals surface area contributed by atoms with Crippen molar-refractivity contribution >= 4 is 29.1 Å². The van der Waals surface area contributed by atoms with Crippen molar-refractivity contribution in [2.75, 3.05) is 31.1 Å². The van der Waals surface area contributed by atoms with Crippen molar-refractivity contribution in [2.45, 2.75) is 6.61 Å². The van der Waals surface area contributed by atoms with Crippen LogP contribution in [0.25, 0.3) is 0 Å². The molecule has 0 spiro atoms. The quantitative estimate of drug-likeness (QED) is 0.601. The third-order valence-corrected chi connectivity index (χ3v) is 4.55. The molecule has 0 aliphatic carbocycles. The molecule has 7 nitrogen and oxygen atoms in total. The van der Waals surface area contributed by atoms with Gasteiger partial charge in [0.2, 0.25) is 0 Å². The molecule has 1 fully saturated rings. The number of hydrogen-bond acceptors (Lipinski definition) is 5. The van der Waals surface area contributed by atoms with Crippen LogP contribution in [0.3, 0.4) is 0 Å². The molecule has 136 valence electrons. The van der Waals surface area contributed by atoms with Gasteiger partial charge in [0, 0.05) is 37.9 Å². The summed E-state index contributed by atoms with van der Waals surface area (Å²) >= 11 is 5.85. The maximum absolute atomic E-state index is 12.2. The molecule has 0 bridgehead atoms. The van der Waals surface area contributed by atoms with Crippen LogP contribution >= 0.6 is 11.6 Å². The fraction of sp³-hybridized carbons (Fsp3) is 0.278. The average Bonchev–Trinajstić information content (AvgIpc) is 2.67. The highest BCUT2D eigenvalue weighted by Gasteiger charge is 2.24. The van der Waals surface area contributed by atoms with Gasteiger partial charge < -0.3 is 14.5 Å². The Balaban J connectivity index is 1.55. The molecular weight excluding hydrogens is 358 g/mol. The lowest BCUT2D eigenvalue weighted by Crippen LogP contribution is -2.48. The van der Waals surface area contributed by atoms with Gasteiger partial charge in [0.1, 0.15) is 11.6 Å². The monoisotopic (exact) mass is 375 g/mol. The summed E-state index contributed by atoms with van der Waals surface area (Å²) in [6.07, 6.45) is -0.351. The van der Waals surface area contributed by atoms with Gasteiger partial charge in [-0.05, 0) is 17.7 Å². The minimum atomic E-state index is -0.497. The molecule has 0 unspecified atom stereocenters. The molecular formula is C18H18ClN3O4. The van der Waals surface area contributed by atoms with Crippen LogP contribution in [0.15, 0.2) is 48.5 Å². The zero-order valence-corrected chi connectivity index (χ0v) is 14.8.